The smallest absolute Gasteiger partial charge is 0.0553 e. The molecule has 2 nitrogen and oxygen atoms in total. The maximum atomic E-state index is 2.41. The van der Waals surface area contributed by atoms with Crippen LogP contribution in [0.5, 0.6) is 0 Å². The maximum absolute atomic E-state index is 2.41. The van der Waals surface area contributed by atoms with Gasteiger partial charge in [0, 0.05) is 33.2 Å². The van der Waals surface area contributed by atoms with Crippen molar-refractivity contribution in [3.8, 4) is 16.8 Å². The zero-order valence-electron chi connectivity index (χ0n) is 25.2. The van der Waals surface area contributed by atoms with Gasteiger partial charge in [0.05, 0.1) is 16.7 Å². The van der Waals surface area contributed by atoms with Gasteiger partial charge in [0.15, 0.2) is 0 Å². The Kier molecular flexibility index (Phi) is 6.17. The molecule has 0 saturated heterocycles. The summed E-state index contributed by atoms with van der Waals surface area (Å²) in [7, 11) is 0. The number of anilines is 3. The molecular weight excluding hydrogens is 556 g/mol. The molecule has 0 amide bonds. The number of fused-ring (bicyclic) bond motifs is 5. The van der Waals surface area contributed by atoms with E-state index in [9.17, 15) is 0 Å². The van der Waals surface area contributed by atoms with Crippen LogP contribution in [0.25, 0.3) is 60.2 Å². The van der Waals surface area contributed by atoms with E-state index in [-0.39, 0.29) is 0 Å². The summed E-state index contributed by atoms with van der Waals surface area (Å²) < 4.78 is 2.41. The second-order valence-electron chi connectivity index (χ2n) is 11.8. The molecule has 0 atom stereocenters. The van der Waals surface area contributed by atoms with Gasteiger partial charge in [-0.15, -0.1) is 0 Å². The first-order valence-corrected chi connectivity index (χ1v) is 15.8. The van der Waals surface area contributed by atoms with Crippen LogP contribution in [-0.4, -0.2) is 4.57 Å². The van der Waals surface area contributed by atoms with E-state index >= 15 is 0 Å². The maximum Gasteiger partial charge on any atom is 0.0553 e. The monoisotopic (exact) mass is 586 g/mol. The zero-order chi connectivity index (χ0) is 30.5. The summed E-state index contributed by atoms with van der Waals surface area (Å²) in [6, 6.07) is 65.7. The number of hydrogen-bond donors (Lipinski definition) is 0. The summed E-state index contributed by atoms with van der Waals surface area (Å²) in [5.74, 6) is 0. The van der Waals surface area contributed by atoms with Crippen molar-refractivity contribution in [2.45, 2.75) is 0 Å². The molecule has 216 valence electrons. The fourth-order valence-corrected chi connectivity index (χ4v) is 7.15. The van der Waals surface area contributed by atoms with Crippen LogP contribution in [0.15, 0.2) is 182 Å². The van der Waals surface area contributed by atoms with Crippen molar-refractivity contribution < 1.29 is 0 Å². The Balaban J connectivity index is 1.36. The van der Waals surface area contributed by atoms with E-state index in [1.54, 1.807) is 0 Å². The molecule has 9 rings (SSSR count). The van der Waals surface area contributed by atoms with Crippen LogP contribution in [0.4, 0.5) is 17.1 Å². The summed E-state index contributed by atoms with van der Waals surface area (Å²) in [5, 5.41) is 7.44. The Bertz CT molecular complexity index is 2520. The van der Waals surface area contributed by atoms with E-state index < -0.39 is 0 Å². The molecule has 0 spiro atoms. The molecule has 0 fully saturated rings. The SMILES string of the molecule is c1ccc(N(c2cccc(-c3c4ccccc4cc4c3c3ccccc3n4-c3ccccc3)c2)c2cccc3ccccc23)cc1. The van der Waals surface area contributed by atoms with Crippen molar-refractivity contribution in [3.63, 3.8) is 0 Å². The highest BCUT2D eigenvalue weighted by atomic mass is 15.1. The summed E-state index contributed by atoms with van der Waals surface area (Å²) in [6.45, 7) is 0. The first-order valence-electron chi connectivity index (χ1n) is 15.8. The lowest BCUT2D eigenvalue weighted by atomic mass is 9.92. The number of para-hydroxylation sites is 3. The average molecular weight is 587 g/mol. The first-order chi connectivity index (χ1) is 22.8. The molecule has 46 heavy (non-hydrogen) atoms. The van der Waals surface area contributed by atoms with Crippen molar-refractivity contribution in [2.75, 3.05) is 4.90 Å². The molecule has 9 aromatic rings. The molecule has 0 aliphatic carbocycles. The van der Waals surface area contributed by atoms with Gasteiger partial charge in [-0.1, -0.05) is 127 Å². The number of hydrogen-bond acceptors (Lipinski definition) is 1. The lowest BCUT2D eigenvalue weighted by molar-refractivity contribution is 1.18. The number of nitrogens with zero attached hydrogens (tertiary/aromatic N) is 2. The lowest BCUT2D eigenvalue weighted by Gasteiger charge is -2.27. The molecule has 0 N–H and O–H groups in total. The Hall–Kier alpha value is -6.12. The van der Waals surface area contributed by atoms with E-state index in [1.807, 2.05) is 0 Å². The zero-order valence-corrected chi connectivity index (χ0v) is 25.2. The van der Waals surface area contributed by atoms with Crippen molar-refractivity contribution in [3.05, 3.63) is 182 Å². The third kappa shape index (κ3) is 4.19. The molecule has 0 radical (unpaired) electrons. The highest BCUT2D eigenvalue weighted by Crippen LogP contribution is 2.45. The number of aromatic nitrogens is 1. The van der Waals surface area contributed by atoms with Crippen LogP contribution >= 0.6 is 0 Å². The van der Waals surface area contributed by atoms with Gasteiger partial charge in [0.2, 0.25) is 0 Å². The van der Waals surface area contributed by atoms with Crippen LogP contribution in [-0.2, 0) is 0 Å². The van der Waals surface area contributed by atoms with Gasteiger partial charge in [-0.25, -0.2) is 0 Å². The molecule has 2 heteroatoms. The highest BCUT2D eigenvalue weighted by molar-refractivity contribution is 6.23. The molecular formula is C44H30N2. The van der Waals surface area contributed by atoms with E-state index in [2.05, 4.69) is 191 Å². The van der Waals surface area contributed by atoms with Gasteiger partial charge >= 0.3 is 0 Å². The van der Waals surface area contributed by atoms with Gasteiger partial charge < -0.3 is 9.47 Å². The quantitative estimate of drug-likeness (QED) is 0.195. The predicted molar refractivity (Wildman–Crippen MR) is 196 cm³/mol. The van der Waals surface area contributed by atoms with Gasteiger partial charge in [0.1, 0.15) is 0 Å². The predicted octanol–water partition coefficient (Wildman–Crippen LogP) is 12.2. The molecule has 1 heterocycles. The van der Waals surface area contributed by atoms with Crippen LogP contribution in [0.1, 0.15) is 0 Å². The van der Waals surface area contributed by atoms with Gasteiger partial charge in [-0.05, 0) is 81.9 Å². The normalized spacial score (nSPS) is 11.5. The van der Waals surface area contributed by atoms with Gasteiger partial charge in [0.25, 0.3) is 0 Å². The van der Waals surface area contributed by atoms with Crippen LogP contribution in [0.3, 0.4) is 0 Å². The third-order valence-electron chi connectivity index (χ3n) is 9.11. The minimum Gasteiger partial charge on any atom is -0.310 e. The van der Waals surface area contributed by atoms with E-state index in [0.717, 1.165) is 22.7 Å². The average Bonchev–Trinajstić information content (AvgIpc) is 3.45. The van der Waals surface area contributed by atoms with E-state index in [0.29, 0.717) is 0 Å². The minimum absolute atomic E-state index is 1.12. The van der Waals surface area contributed by atoms with Crippen molar-refractivity contribution >= 4 is 60.4 Å². The highest BCUT2D eigenvalue weighted by Gasteiger charge is 2.21. The van der Waals surface area contributed by atoms with Crippen LogP contribution < -0.4 is 4.90 Å². The molecule has 8 aromatic carbocycles. The standard InChI is InChI=1S/C44H30N2/c1-3-19-34(20-4-1)45(40-28-14-17-31-15-7-9-24-37(31)40)36-23-13-18-33(29-36)43-38-25-10-8-16-32(38)30-42-44(43)39-26-11-12-27-41(39)46(42)35-21-5-2-6-22-35/h1-30H. The summed E-state index contributed by atoms with van der Waals surface area (Å²) in [6.07, 6.45) is 0. The Morgan fingerprint density at radius 2 is 1.00 bits per heavy atom. The second kappa shape index (κ2) is 10.8. The fourth-order valence-electron chi connectivity index (χ4n) is 7.15. The number of rotatable bonds is 5. The van der Waals surface area contributed by atoms with Crippen LogP contribution in [0.2, 0.25) is 0 Å². The molecule has 1 aromatic heterocycles. The lowest BCUT2D eigenvalue weighted by Crippen LogP contribution is -2.10. The summed E-state index contributed by atoms with van der Waals surface area (Å²) in [4.78, 5) is 2.39. The largest absolute Gasteiger partial charge is 0.310 e. The summed E-state index contributed by atoms with van der Waals surface area (Å²) >= 11 is 0. The van der Waals surface area contributed by atoms with Gasteiger partial charge in [-0.3, -0.25) is 0 Å². The first kappa shape index (κ1) is 26.3. The van der Waals surface area contributed by atoms with Gasteiger partial charge in [-0.2, -0.15) is 0 Å². The van der Waals surface area contributed by atoms with Crippen molar-refractivity contribution in [2.24, 2.45) is 0 Å². The third-order valence-corrected chi connectivity index (χ3v) is 9.11. The number of benzene rings is 8. The van der Waals surface area contributed by atoms with E-state index in [4.69, 9.17) is 0 Å². The van der Waals surface area contributed by atoms with E-state index in [1.165, 1.54) is 54.5 Å². The van der Waals surface area contributed by atoms with Crippen LogP contribution in [0, 0.1) is 0 Å². The van der Waals surface area contributed by atoms with Crippen molar-refractivity contribution in [1.82, 2.24) is 4.57 Å². The fraction of sp³-hybridized carbons (Fsp3) is 0. The Morgan fingerprint density at radius 1 is 0.391 bits per heavy atom. The van der Waals surface area contributed by atoms with Crippen molar-refractivity contribution in [1.29, 1.82) is 0 Å². The topological polar surface area (TPSA) is 8.17 Å². The summed E-state index contributed by atoms with van der Waals surface area (Å²) in [5.41, 5.74) is 9.43. The Labute approximate surface area is 268 Å². The minimum atomic E-state index is 1.12. The Morgan fingerprint density at radius 3 is 1.83 bits per heavy atom. The molecule has 0 saturated carbocycles. The molecule has 0 bridgehead atoms. The molecule has 0 aliphatic rings. The molecule has 0 aliphatic heterocycles. The molecule has 0 unspecified atom stereocenters. The second-order valence-corrected chi connectivity index (χ2v) is 11.8.